The molecule has 0 spiro atoms. The van der Waals surface area contributed by atoms with Crippen LogP contribution in [0, 0.1) is 0 Å². The van der Waals surface area contributed by atoms with Crippen LogP contribution in [0.15, 0.2) is 47.4 Å². The maximum absolute atomic E-state index is 11.7. The summed E-state index contributed by atoms with van der Waals surface area (Å²) in [6, 6.07) is 12.7. The first-order valence-electron chi connectivity index (χ1n) is 9.62. The Balaban J connectivity index is 1.79. The third kappa shape index (κ3) is 7.56. The van der Waals surface area contributed by atoms with Crippen molar-refractivity contribution in [3.8, 4) is 17.2 Å². The highest BCUT2D eigenvalue weighted by atomic mass is 32.2. The lowest BCUT2D eigenvalue weighted by atomic mass is 10.1. The first-order valence-corrected chi connectivity index (χ1v) is 11.2. The summed E-state index contributed by atoms with van der Waals surface area (Å²) >= 11 is 0. The summed E-state index contributed by atoms with van der Waals surface area (Å²) in [5.74, 6) is 1.87. The van der Waals surface area contributed by atoms with Gasteiger partial charge in [0.05, 0.1) is 13.7 Å². The minimum absolute atomic E-state index is 0.000559. The molecule has 0 aliphatic rings. The van der Waals surface area contributed by atoms with Crippen LogP contribution in [0.25, 0.3) is 0 Å². The van der Waals surface area contributed by atoms with Crippen molar-refractivity contribution in [2.45, 2.75) is 37.6 Å². The molecule has 0 bridgehead atoms. The highest BCUT2D eigenvalue weighted by Crippen LogP contribution is 2.24. The van der Waals surface area contributed by atoms with Gasteiger partial charge >= 0.3 is 0 Å². The van der Waals surface area contributed by atoms with Gasteiger partial charge in [-0.3, -0.25) is 0 Å². The Bertz CT molecular complexity index is 869. The van der Waals surface area contributed by atoms with Gasteiger partial charge in [0.1, 0.15) is 28.8 Å². The van der Waals surface area contributed by atoms with Crippen LogP contribution in [0.3, 0.4) is 0 Å². The summed E-state index contributed by atoms with van der Waals surface area (Å²) in [6.07, 6.45) is 1.62. The lowest BCUT2D eigenvalue weighted by Crippen LogP contribution is -2.31. The van der Waals surface area contributed by atoms with E-state index in [1.165, 1.54) is 7.11 Å². The standard InChI is InChI=1S/C21H30N2O5S/c1-4-12-27-18-6-8-19(9-7-18)28-13-11-23-16(2)14-17-5-10-20(26-3)21(15-17)29(22,24)25/h5-10,15-16,23H,4,11-14H2,1-3H3,(H2,22,24,25). The van der Waals surface area contributed by atoms with E-state index >= 15 is 0 Å². The van der Waals surface area contributed by atoms with Crippen LogP contribution in [-0.4, -0.2) is 41.3 Å². The van der Waals surface area contributed by atoms with E-state index in [4.69, 9.17) is 19.3 Å². The van der Waals surface area contributed by atoms with Crippen molar-refractivity contribution in [3.63, 3.8) is 0 Å². The first kappa shape index (κ1) is 23.0. The summed E-state index contributed by atoms with van der Waals surface area (Å²) in [7, 11) is -2.42. The van der Waals surface area contributed by atoms with Gasteiger partial charge in [-0.15, -0.1) is 0 Å². The van der Waals surface area contributed by atoms with Gasteiger partial charge in [-0.2, -0.15) is 0 Å². The van der Waals surface area contributed by atoms with Crippen molar-refractivity contribution in [2.75, 3.05) is 26.9 Å². The lowest BCUT2D eigenvalue weighted by molar-refractivity contribution is 0.302. The average Bonchev–Trinajstić information content (AvgIpc) is 2.70. The molecule has 8 heteroatoms. The molecule has 0 radical (unpaired) electrons. The molecule has 0 saturated carbocycles. The van der Waals surface area contributed by atoms with Gasteiger partial charge in [0.25, 0.3) is 0 Å². The van der Waals surface area contributed by atoms with Gasteiger partial charge in [0.2, 0.25) is 10.0 Å². The van der Waals surface area contributed by atoms with Gasteiger partial charge in [-0.05, 0) is 61.7 Å². The minimum Gasteiger partial charge on any atom is -0.495 e. The van der Waals surface area contributed by atoms with Crippen molar-refractivity contribution in [2.24, 2.45) is 5.14 Å². The fraction of sp³-hybridized carbons (Fsp3) is 0.429. The van der Waals surface area contributed by atoms with Crippen LogP contribution in [-0.2, 0) is 16.4 Å². The van der Waals surface area contributed by atoms with Gasteiger partial charge in [0, 0.05) is 12.6 Å². The Morgan fingerprint density at radius 1 is 1.03 bits per heavy atom. The van der Waals surface area contributed by atoms with E-state index in [-0.39, 0.29) is 16.7 Å². The second-order valence-corrected chi connectivity index (χ2v) is 8.29. The smallest absolute Gasteiger partial charge is 0.241 e. The van der Waals surface area contributed by atoms with E-state index in [0.29, 0.717) is 26.2 Å². The molecule has 0 aromatic heterocycles. The van der Waals surface area contributed by atoms with Gasteiger partial charge in [0.15, 0.2) is 0 Å². The maximum Gasteiger partial charge on any atom is 0.241 e. The highest BCUT2D eigenvalue weighted by Gasteiger charge is 2.16. The molecular formula is C21H30N2O5S. The Hall–Kier alpha value is -2.29. The van der Waals surface area contributed by atoms with Crippen LogP contribution in [0.1, 0.15) is 25.8 Å². The first-order chi connectivity index (χ1) is 13.8. The fourth-order valence-electron chi connectivity index (χ4n) is 2.82. The topological polar surface area (TPSA) is 99.9 Å². The SMILES string of the molecule is CCCOc1ccc(OCCNC(C)Cc2ccc(OC)c(S(N)(=O)=O)c2)cc1. The minimum atomic E-state index is -3.84. The molecule has 1 atom stereocenters. The molecule has 0 saturated heterocycles. The second kappa shape index (κ2) is 11.0. The van der Waals surface area contributed by atoms with Crippen molar-refractivity contribution >= 4 is 10.0 Å². The molecule has 1 unspecified atom stereocenters. The number of nitrogens with two attached hydrogens (primary N) is 1. The molecule has 0 aliphatic carbocycles. The third-order valence-corrected chi connectivity index (χ3v) is 5.17. The largest absolute Gasteiger partial charge is 0.495 e. The Morgan fingerprint density at radius 2 is 1.66 bits per heavy atom. The van der Waals surface area contributed by atoms with E-state index in [1.54, 1.807) is 12.1 Å². The Labute approximate surface area is 173 Å². The van der Waals surface area contributed by atoms with Gasteiger partial charge in [-0.25, -0.2) is 13.6 Å². The van der Waals surface area contributed by atoms with E-state index in [9.17, 15) is 8.42 Å². The number of hydrogen-bond acceptors (Lipinski definition) is 6. The summed E-state index contributed by atoms with van der Waals surface area (Å²) < 4.78 is 39.8. The van der Waals surface area contributed by atoms with Crippen molar-refractivity contribution in [3.05, 3.63) is 48.0 Å². The quantitative estimate of drug-likeness (QED) is 0.510. The van der Waals surface area contributed by atoms with E-state index in [0.717, 1.165) is 23.5 Å². The van der Waals surface area contributed by atoms with E-state index < -0.39 is 10.0 Å². The predicted molar refractivity (Wildman–Crippen MR) is 113 cm³/mol. The summed E-state index contributed by atoms with van der Waals surface area (Å²) in [6.45, 7) is 5.98. The number of ether oxygens (including phenoxy) is 3. The zero-order chi connectivity index (χ0) is 21.3. The summed E-state index contributed by atoms with van der Waals surface area (Å²) in [5, 5.41) is 8.64. The summed E-state index contributed by atoms with van der Waals surface area (Å²) in [4.78, 5) is -0.000559. The molecule has 2 aromatic carbocycles. The zero-order valence-corrected chi connectivity index (χ0v) is 18.0. The number of benzene rings is 2. The van der Waals surface area contributed by atoms with Crippen molar-refractivity contribution in [1.82, 2.24) is 5.32 Å². The number of methoxy groups -OCH3 is 1. The third-order valence-electron chi connectivity index (χ3n) is 4.24. The molecule has 29 heavy (non-hydrogen) atoms. The second-order valence-electron chi connectivity index (χ2n) is 6.76. The van der Waals surface area contributed by atoms with Crippen molar-refractivity contribution in [1.29, 1.82) is 0 Å². The van der Waals surface area contributed by atoms with Crippen LogP contribution in [0.2, 0.25) is 0 Å². The number of sulfonamides is 1. The molecule has 0 amide bonds. The molecular weight excluding hydrogens is 392 g/mol. The zero-order valence-electron chi connectivity index (χ0n) is 17.2. The van der Waals surface area contributed by atoms with E-state index in [1.807, 2.05) is 37.3 Å². The lowest BCUT2D eigenvalue weighted by Gasteiger charge is -2.16. The van der Waals surface area contributed by atoms with Crippen LogP contribution in [0.5, 0.6) is 17.2 Å². The van der Waals surface area contributed by atoms with Crippen LogP contribution in [0.4, 0.5) is 0 Å². The molecule has 2 rings (SSSR count). The van der Waals surface area contributed by atoms with Gasteiger partial charge in [-0.1, -0.05) is 13.0 Å². The van der Waals surface area contributed by atoms with Crippen LogP contribution < -0.4 is 24.7 Å². The van der Waals surface area contributed by atoms with Crippen LogP contribution >= 0.6 is 0 Å². The number of nitrogens with one attached hydrogen (secondary N) is 1. The fourth-order valence-corrected chi connectivity index (χ4v) is 3.57. The Kier molecular flexibility index (Phi) is 8.75. The molecule has 2 aromatic rings. The number of hydrogen-bond donors (Lipinski definition) is 2. The molecule has 0 aliphatic heterocycles. The normalized spacial score (nSPS) is 12.4. The molecule has 3 N–H and O–H groups in total. The number of rotatable bonds is 12. The maximum atomic E-state index is 11.7. The molecule has 0 heterocycles. The molecule has 0 fully saturated rings. The predicted octanol–water partition coefficient (Wildman–Crippen LogP) is 2.73. The molecule has 7 nitrogen and oxygen atoms in total. The average molecular weight is 423 g/mol. The highest BCUT2D eigenvalue weighted by molar-refractivity contribution is 7.89. The van der Waals surface area contributed by atoms with E-state index in [2.05, 4.69) is 12.2 Å². The monoisotopic (exact) mass is 422 g/mol. The van der Waals surface area contributed by atoms with Gasteiger partial charge < -0.3 is 19.5 Å². The van der Waals surface area contributed by atoms with Crippen molar-refractivity contribution < 1.29 is 22.6 Å². The molecule has 160 valence electrons. The Morgan fingerprint density at radius 3 is 2.21 bits per heavy atom. The summed E-state index contributed by atoms with van der Waals surface area (Å²) in [5.41, 5.74) is 0.860. The number of primary sulfonamides is 1.